The van der Waals surface area contributed by atoms with Gasteiger partial charge >= 0.3 is 0 Å². The molecule has 1 N–H and O–H groups in total. The summed E-state index contributed by atoms with van der Waals surface area (Å²) in [5, 5.41) is 5.31. The molecular formula is C26H21NO. The maximum absolute atomic E-state index is 11.8. The second-order valence-corrected chi connectivity index (χ2v) is 6.73. The monoisotopic (exact) mass is 363 g/mol. The SMILES string of the molecule is C=Cc1cc2ccccc2c(-c2ccccc2)c1-c1ccccc1NC(C)=O. The Morgan fingerprint density at radius 2 is 1.54 bits per heavy atom. The molecule has 4 aromatic carbocycles. The predicted octanol–water partition coefficient (Wildman–Crippen LogP) is 6.78. The molecule has 136 valence electrons. The van der Waals surface area contributed by atoms with E-state index in [-0.39, 0.29) is 5.91 Å². The lowest BCUT2D eigenvalue weighted by atomic mass is 9.85. The zero-order valence-corrected chi connectivity index (χ0v) is 15.8. The fraction of sp³-hybridized carbons (Fsp3) is 0.0385. The van der Waals surface area contributed by atoms with Crippen LogP contribution >= 0.6 is 0 Å². The van der Waals surface area contributed by atoms with Gasteiger partial charge in [-0.05, 0) is 45.2 Å². The highest BCUT2D eigenvalue weighted by molar-refractivity contribution is 6.09. The summed E-state index contributed by atoms with van der Waals surface area (Å²) in [6.07, 6.45) is 1.89. The van der Waals surface area contributed by atoms with Crippen LogP contribution in [0.15, 0.2) is 91.5 Å². The molecule has 0 atom stereocenters. The van der Waals surface area contributed by atoms with Crippen molar-refractivity contribution in [1.29, 1.82) is 0 Å². The predicted molar refractivity (Wildman–Crippen MR) is 119 cm³/mol. The number of rotatable bonds is 4. The molecule has 0 aliphatic rings. The summed E-state index contributed by atoms with van der Waals surface area (Å²) in [5.74, 6) is -0.0883. The van der Waals surface area contributed by atoms with Crippen molar-refractivity contribution in [3.63, 3.8) is 0 Å². The molecule has 0 saturated heterocycles. The van der Waals surface area contributed by atoms with E-state index in [4.69, 9.17) is 0 Å². The van der Waals surface area contributed by atoms with Crippen LogP contribution in [0, 0.1) is 0 Å². The third kappa shape index (κ3) is 3.21. The van der Waals surface area contributed by atoms with Gasteiger partial charge in [0.15, 0.2) is 0 Å². The van der Waals surface area contributed by atoms with Gasteiger partial charge in [-0.3, -0.25) is 4.79 Å². The van der Waals surface area contributed by atoms with Crippen LogP contribution in [0.3, 0.4) is 0 Å². The molecule has 1 amide bonds. The number of hydrogen-bond acceptors (Lipinski definition) is 1. The summed E-state index contributed by atoms with van der Waals surface area (Å²) in [6, 6.07) is 28.8. The molecule has 0 heterocycles. The van der Waals surface area contributed by atoms with Crippen LogP contribution in [0.25, 0.3) is 39.1 Å². The topological polar surface area (TPSA) is 29.1 Å². The van der Waals surface area contributed by atoms with Gasteiger partial charge < -0.3 is 5.32 Å². The zero-order valence-electron chi connectivity index (χ0n) is 15.8. The highest BCUT2D eigenvalue weighted by Crippen LogP contribution is 2.43. The van der Waals surface area contributed by atoms with Gasteiger partial charge in [0.05, 0.1) is 0 Å². The Bertz CT molecular complexity index is 1180. The fourth-order valence-corrected chi connectivity index (χ4v) is 3.72. The van der Waals surface area contributed by atoms with Crippen molar-refractivity contribution in [3.05, 3.63) is 97.1 Å². The highest BCUT2D eigenvalue weighted by Gasteiger charge is 2.18. The maximum atomic E-state index is 11.8. The van der Waals surface area contributed by atoms with Crippen LogP contribution in [-0.4, -0.2) is 5.91 Å². The average Bonchev–Trinajstić information content (AvgIpc) is 2.73. The largest absolute Gasteiger partial charge is 0.326 e. The number of para-hydroxylation sites is 1. The van der Waals surface area contributed by atoms with Crippen molar-refractivity contribution in [2.24, 2.45) is 0 Å². The molecule has 28 heavy (non-hydrogen) atoms. The fourth-order valence-electron chi connectivity index (χ4n) is 3.72. The van der Waals surface area contributed by atoms with Gasteiger partial charge in [0.1, 0.15) is 0 Å². The first-order valence-corrected chi connectivity index (χ1v) is 9.29. The standard InChI is InChI=1S/C26H21NO/c1-3-19-17-21-13-7-8-14-22(21)26(20-11-5-4-6-12-20)25(19)23-15-9-10-16-24(23)27-18(2)28/h3-17H,1H2,2H3,(H,27,28). The number of amides is 1. The van der Waals surface area contributed by atoms with Crippen LogP contribution in [0.4, 0.5) is 5.69 Å². The van der Waals surface area contributed by atoms with Crippen molar-refractivity contribution < 1.29 is 4.79 Å². The lowest BCUT2D eigenvalue weighted by molar-refractivity contribution is -0.114. The van der Waals surface area contributed by atoms with E-state index in [1.807, 2.05) is 42.5 Å². The van der Waals surface area contributed by atoms with Crippen molar-refractivity contribution in [3.8, 4) is 22.3 Å². The van der Waals surface area contributed by atoms with Gasteiger partial charge in [0, 0.05) is 18.2 Å². The summed E-state index contributed by atoms with van der Waals surface area (Å²) in [5.41, 5.74) is 6.17. The zero-order chi connectivity index (χ0) is 19.5. The summed E-state index contributed by atoms with van der Waals surface area (Å²) < 4.78 is 0. The lowest BCUT2D eigenvalue weighted by Crippen LogP contribution is -2.07. The van der Waals surface area contributed by atoms with E-state index >= 15 is 0 Å². The van der Waals surface area contributed by atoms with Crippen molar-refractivity contribution in [1.82, 2.24) is 0 Å². The summed E-state index contributed by atoms with van der Waals surface area (Å²) in [4.78, 5) is 11.8. The quantitative estimate of drug-likeness (QED) is 0.425. The normalized spacial score (nSPS) is 10.6. The van der Waals surface area contributed by atoms with Crippen LogP contribution < -0.4 is 5.32 Å². The molecule has 0 unspecified atom stereocenters. The lowest BCUT2D eigenvalue weighted by Gasteiger charge is -2.20. The van der Waals surface area contributed by atoms with Gasteiger partial charge in [-0.15, -0.1) is 0 Å². The first-order valence-electron chi connectivity index (χ1n) is 9.29. The number of hydrogen-bond donors (Lipinski definition) is 1. The molecule has 0 aliphatic carbocycles. The Morgan fingerprint density at radius 3 is 2.29 bits per heavy atom. The number of anilines is 1. The molecule has 0 bridgehead atoms. The summed E-state index contributed by atoms with van der Waals surface area (Å²) >= 11 is 0. The Labute approximate surface area is 165 Å². The number of benzene rings is 4. The van der Waals surface area contributed by atoms with E-state index < -0.39 is 0 Å². The molecule has 0 saturated carbocycles. The van der Waals surface area contributed by atoms with Crippen LogP contribution in [-0.2, 0) is 4.79 Å². The van der Waals surface area contributed by atoms with Crippen LogP contribution in [0.1, 0.15) is 12.5 Å². The minimum Gasteiger partial charge on any atom is -0.326 e. The van der Waals surface area contributed by atoms with E-state index in [1.54, 1.807) is 0 Å². The summed E-state index contributed by atoms with van der Waals surface area (Å²) in [6.45, 7) is 5.59. The number of carbonyl (C=O) groups excluding carboxylic acids is 1. The number of nitrogens with one attached hydrogen (secondary N) is 1. The van der Waals surface area contributed by atoms with Gasteiger partial charge in [-0.1, -0.05) is 85.5 Å². The molecule has 0 aliphatic heterocycles. The van der Waals surface area contributed by atoms with Crippen molar-refractivity contribution in [2.75, 3.05) is 5.32 Å². The molecule has 4 rings (SSSR count). The van der Waals surface area contributed by atoms with E-state index in [0.717, 1.165) is 38.9 Å². The number of fused-ring (bicyclic) bond motifs is 1. The Kier molecular flexibility index (Phi) is 4.77. The van der Waals surface area contributed by atoms with E-state index in [2.05, 4.69) is 60.4 Å². The third-order valence-corrected chi connectivity index (χ3v) is 4.87. The van der Waals surface area contributed by atoms with E-state index in [1.165, 1.54) is 12.3 Å². The molecule has 0 fully saturated rings. The highest BCUT2D eigenvalue weighted by atomic mass is 16.1. The third-order valence-electron chi connectivity index (χ3n) is 4.87. The average molecular weight is 363 g/mol. The second kappa shape index (κ2) is 7.53. The minimum atomic E-state index is -0.0883. The van der Waals surface area contributed by atoms with Crippen LogP contribution in [0.2, 0.25) is 0 Å². The van der Waals surface area contributed by atoms with Crippen LogP contribution in [0.5, 0.6) is 0 Å². The Hall–Kier alpha value is -3.65. The second-order valence-electron chi connectivity index (χ2n) is 6.73. The van der Waals surface area contributed by atoms with Gasteiger partial charge in [-0.2, -0.15) is 0 Å². The first kappa shape index (κ1) is 17.7. The Balaban J connectivity index is 2.15. The molecule has 0 radical (unpaired) electrons. The first-order chi connectivity index (χ1) is 13.7. The smallest absolute Gasteiger partial charge is 0.221 e. The van der Waals surface area contributed by atoms with Crippen molar-refractivity contribution >= 4 is 28.4 Å². The molecule has 0 spiro atoms. The van der Waals surface area contributed by atoms with E-state index in [9.17, 15) is 4.79 Å². The molecule has 4 aromatic rings. The van der Waals surface area contributed by atoms with Crippen molar-refractivity contribution in [2.45, 2.75) is 6.92 Å². The molecular weight excluding hydrogens is 342 g/mol. The molecule has 2 heteroatoms. The van der Waals surface area contributed by atoms with Gasteiger partial charge in [0.2, 0.25) is 5.91 Å². The summed E-state index contributed by atoms with van der Waals surface area (Å²) in [7, 11) is 0. The van der Waals surface area contributed by atoms with Gasteiger partial charge in [0.25, 0.3) is 0 Å². The van der Waals surface area contributed by atoms with Gasteiger partial charge in [-0.25, -0.2) is 0 Å². The number of carbonyl (C=O) groups is 1. The van der Waals surface area contributed by atoms with E-state index in [0.29, 0.717) is 0 Å². The minimum absolute atomic E-state index is 0.0883. The maximum Gasteiger partial charge on any atom is 0.221 e. The molecule has 2 nitrogen and oxygen atoms in total. The molecule has 0 aromatic heterocycles. The Morgan fingerprint density at radius 1 is 0.857 bits per heavy atom.